The maximum absolute atomic E-state index is 14.3. The topological polar surface area (TPSA) is 160 Å². The standard InChI is InChI=1S/C33H28O10/c1-14-23(43-33-32(40)31(39)28(36)15(2)41-33)13-21-26(27(14)35)29(37)20-10-11-22(42-16(3)34)24(25(20)30(21)38)19-9-8-17-6-4-5-7-18(17)12-19/h4-13,15,28,31-33,35-36,39-40H,1-3H3/t15-,28+,31+,32+,33-/m0/s1. The fraction of sp³-hybridized carbons (Fsp3) is 0.242. The summed E-state index contributed by atoms with van der Waals surface area (Å²) in [5.74, 6) is -2.35. The number of ether oxygens (including phenoxy) is 3. The number of hydrogen-bond donors (Lipinski definition) is 4. The first kappa shape index (κ1) is 28.5. The summed E-state index contributed by atoms with van der Waals surface area (Å²) in [6.45, 7) is 4.18. The van der Waals surface area contributed by atoms with Crippen LogP contribution in [-0.2, 0) is 9.53 Å². The van der Waals surface area contributed by atoms with Crippen molar-refractivity contribution in [1.82, 2.24) is 0 Å². The normalized spacial score (nSPS) is 23.1. The van der Waals surface area contributed by atoms with E-state index in [4.69, 9.17) is 14.2 Å². The molecular weight excluding hydrogens is 556 g/mol. The molecule has 0 spiro atoms. The molecule has 0 amide bonds. The predicted molar refractivity (Wildman–Crippen MR) is 153 cm³/mol. The van der Waals surface area contributed by atoms with Crippen molar-refractivity contribution in [1.29, 1.82) is 0 Å². The molecule has 0 radical (unpaired) electrons. The van der Waals surface area contributed by atoms with Crippen molar-refractivity contribution in [2.75, 3.05) is 0 Å². The summed E-state index contributed by atoms with van der Waals surface area (Å²) < 4.78 is 16.8. The SMILES string of the molecule is CC(=O)Oc1ccc2c(c1-c1ccc3ccccc3c1)C(=O)c1cc(O[C@@H]3O[C@@H](C)[C@@H](O)[C@@H](O)[C@H]3O)c(C)c(O)c1C2=O. The van der Waals surface area contributed by atoms with Gasteiger partial charge >= 0.3 is 5.97 Å². The Hall–Kier alpha value is -4.61. The van der Waals surface area contributed by atoms with Gasteiger partial charge in [-0.25, -0.2) is 0 Å². The van der Waals surface area contributed by atoms with Crippen molar-refractivity contribution in [2.45, 2.75) is 51.5 Å². The number of phenols is 1. The third kappa shape index (κ3) is 4.65. The molecule has 1 aliphatic carbocycles. The van der Waals surface area contributed by atoms with Crippen molar-refractivity contribution >= 4 is 28.3 Å². The highest BCUT2D eigenvalue weighted by Gasteiger charge is 2.44. The largest absolute Gasteiger partial charge is 0.507 e. The Balaban J connectivity index is 1.51. The molecule has 4 N–H and O–H groups in total. The monoisotopic (exact) mass is 584 g/mol. The number of esters is 1. The van der Waals surface area contributed by atoms with Crippen molar-refractivity contribution in [3.8, 4) is 28.4 Å². The van der Waals surface area contributed by atoms with E-state index in [9.17, 15) is 34.8 Å². The molecular formula is C33H28O10. The number of phenolic OH excluding ortho intramolecular Hbond substituents is 1. The Bertz CT molecular complexity index is 1830. The minimum absolute atomic E-state index is 0.0122. The Labute approximate surface area is 245 Å². The molecule has 43 heavy (non-hydrogen) atoms. The molecule has 1 heterocycles. The second-order valence-corrected chi connectivity index (χ2v) is 10.7. The van der Waals surface area contributed by atoms with Crippen LogP contribution < -0.4 is 9.47 Å². The highest BCUT2D eigenvalue weighted by molar-refractivity contribution is 6.31. The smallest absolute Gasteiger partial charge is 0.308 e. The van der Waals surface area contributed by atoms with Gasteiger partial charge in [-0.15, -0.1) is 0 Å². The van der Waals surface area contributed by atoms with E-state index >= 15 is 0 Å². The molecule has 2 aliphatic rings. The van der Waals surface area contributed by atoms with Gasteiger partial charge in [-0.3, -0.25) is 14.4 Å². The van der Waals surface area contributed by atoms with Crippen LogP contribution in [0.4, 0.5) is 0 Å². The van der Waals surface area contributed by atoms with Crippen LogP contribution in [-0.4, -0.2) is 68.7 Å². The molecule has 5 atom stereocenters. The minimum Gasteiger partial charge on any atom is -0.507 e. The molecule has 10 heteroatoms. The van der Waals surface area contributed by atoms with Crippen molar-refractivity contribution in [3.05, 3.63) is 88.5 Å². The molecule has 1 aliphatic heterocycles. The third-order valence-corrected chi connectivity index (χ3v) is 7.96. The fourth-order valence-electron chi connectivity index (χ4n) is 5.66. The molecule has 6 rings (SSSR count). The van der Waals surface area contributed by atoms with Gasteiger partial charge in [0, 0.05) is 34.7 Å². The van der Waals surface area contributed by atoms with Gasteiger partial charge in [-0.05, 0) is 54.4 Å². The van der Waals surface area contributed by atoms with Crippen molar-refractivity contribution < 1.29 is 49.0 Å². The number of benzene rings is 4. The number of ketones is 2. The van der Waals surface area contributed by atoms with Crippen LogP contribution in [0.1, 0.15) is 51.3 Å². The van der Waals surface area contributed by atoms with Gasteiger partial charge in [0.2, 0.25) is 6.29 Å². The predicted octanol–water partition coefficient (Wildman–Crippen LogP) is 3.43. The van der Waals surface area contributed by atoms with Gasteiger partial charge in [0.25, 0.3) is 0 Å². The summed E-state index contributed by atoms with van der Waals surface area (Å²) >= 11 is 0. The van der Waals surface area contributed by atoms with E-state index in [0.29, 0.717) is 5.56 Å². The lowest BCUT2D eigenvalue weighted by molar-refractivity contribution is -0.268. The quantitative estimate of drug-likeness (QED) is 0.182. The molecule has 1 fully saturated rings. The van der Waals surface area contributed by atoms with Crippen LogP contribution in [0.25, 0.3) is 21.9 Å². The lowest BCUT2D eigenvalue weighted by Gasteiger charge is -2.39. The molecule has 4 aromatic rings. The zero-order chi connectivity index (χ0) is 30.7. The summed E-state index contributed by atoms with van der Waals surface area (Å²) in [5.41, 5.74) is 0.487. The number of hydrogen-bond acceptors (Lipinski definition) is 10. The average molecular weight is 585 g/mol. The van der Waals surface area contributed by atoms with Gasteiger partial charge in [0.15, 0.2) is 11.6 Å². The van der Waals surface area contributed by atoms with Crippen LogP contribution in [0.15, 0.2) is 60.7 Å². The molecule has 0 aromatic heterocycles. The molecule has 0 unspecified atom stereocenters. The van der Waals surface area contributed by atoms with E-state index in [2.05, 4.69) is 0 Å². The van der Waals surface area contributed by atoms with Crippen LogP contribution >= 0.6 is 0 Å². The summed E-state index contributed by atoms with van der Waals surface area (Å²) in [6.07, 6.45) is -6.92. The Morgan fingerprint density at radius 3 is 2.21 bits per heavy atom. The zero-order valence-corrected chi connectivity index (χ0v) is 23.4. The number of carbonyl (C=O) groups excluding carboxylic acids is 3. The summed E-state index contributed by atoms with van der Waals surface area (Å²) in [4.78, 5) is 40.1. The molecule has 10 nitrogen and oxygen atoms in total. The van der Waals surface area contributed by atoms with E-state index in [1.165, 1.54) is 39.0 Å². The van der Waals surface area contributed by atoms with E-state index < -0.39 is 54.0 Å². The van der Waals surface area contributed by atoms with Gasteiger partial charge in [-0.1, -0.05) is 36.4 Å². The van der Waals surface area contributed by atoms with E-state index in [-0.39, 0.29) is 44.9 Å². The minimum atomic E-state index is -1.65. The number of carbonyl (C=O) groups is 3. The van der Waals surface area contributed by atoms with Gasteiger partial charge in [0.1, 0.15) is 35.6 Å². The van der Waals surface area contributed by atoms with Gasteiger partial charge in [-0.2, -0.15) is 0 Å². The lowest BCUT2D eigenvalue weighted by Crippen LogP contribution is -2.58. The van der Waals surface area contributed by atoms with E-state index in [1.807, 2.05) is 36.4 Å². The number of aliphatic hydroxyl groups excluding tert-OH is 3. The first-order valence-corrected chi connectivity index (χ1v) is 13.6. The summed E-state index contributed by atoms with van der Waals surface area (Å²) in [6, 6.07) is 17.1. The first-order chi connectivity index (χ1) is 20.5. The third-order valence-electron chi connectivity index (χ3n) is 7.96. The zero-order valence-electron chi connectivity index (χ0n) is 23.4. The van der Waals surface area contributed by atoms with Crippen LogP contribution in [0.3, 0.4) is 0 Å². The molecule has 220 valence electrons. The number of fused-ring (bicyclic) bond motifs is 3. The maximum Gasteiger partial charge on any atom is 0.308 e. The Morgan fingerprint density at radius 1 is 0.791 bits per heavy atom. The molecule has 4 aromatic carbocycles. The number of aliphatic hydroxyl groups is 3. The fourth-order valence-corrected chi connectivity index (χ4v) is 5.66. The highest BCUT2D eigenvalue weighted by Crippen LogP contribution is 2.45. The second kappa shape index (κ2) is 10.6. The molecule has 0 bridgehead atoms. The number of rotatable bonds is 4. The molecule has 0 saturated carbocycles. The van der Waals surface area contributed by atoms with E-state index in [0.717, 1.165) is 10.8 Å². The molecule has 1 saturated heterocycles. The average Bonchev–Trinajstić information content (AvgIpc) is 2.99. The van der Waals surface area contributed by atoms with Gasteiger partial charge in [0.05, 0.1) is 11.7 Å². The van der Waals surface area contributed by atoms with Crippen LogP contribution in [0.5, 0.6) is 17.2 Å². The lowest BCUT2D eigenvalue weighted by atomic mass is 9.78. The van der Waals surface area contributed by atoms with Crippen molar-refractivity contribution in [3.63, 3.8) is 0 Å². The van der Waals surface area contributed by atoms with Crippen LogP contribution in [0.2, 0.25) is 0 Å². The van der Waals surface area contributed by atoms with Crippen molar-refractivity contribution in [2.24, 2.45) is 0 Å². The summed E-state index contributed by atoms with van der Waals surface area (Å²) in [5, 5.41) is 43.7. The Kier molecular flexibility index (Phi) is 7.02. The van der Waals surface area contributed by atoms with Crippen LogP contribution in [0, 0.1) is 6.92 Å². The van der Waals surface area contributed by atoms with E-state index in [1.54, 1.807) is 6.07 Å². The number of aromatic hydroxyl groups is 1. The van der Waals surface area contributed by atoms with Gasteiger partial charge < -0.3 is 34.6 Å². The highest BCUT2D eigenvalue weighted by atomic mass is 16.7. The summed E-state index contributed by atoms with van der Waals surface area (Å²) in [7, 11) is 0. The maximum atomic E-state index is 14.3. The first-order valence-electron chi connectivity index (χ1n) is 13.6. The Morgan fingerprint density at radius 2 is 1.49 bits per heavy atom. The second-order valence-electron chi connectivity index (χ2n) is 10.7.